The molecular formula is C28H28N8O2S. The zero-order valence-corrected chi connectivity index (χ0v) is 22.3. The lowest BCUT2D eigenvalue weighted by Crippen LogP contribution is -2.31. The van der Waals surface area contributed by atoms with Gasteiger partial charge >= 0.3 is 0 Å². The predicted octanol–water partition coefficient (Wildman–Crippen LogP) is 6.42. The van der Waals surface area contributed by atoms with Crippen molar-refractivity contribution in [3.8, 4) is 0 Å². The van der Waals surface area contributed by atoms with Crippen molar-refractivity contribution in [2.24, 2.45) is 5.10 Å². The summed E-state index contributed by atoms with van der Waals surface area (Å²) < 4.78 is 0. The van der Waals surface area contributed by atoms with Crippen LogP contribution in [-0.2, 0) is 0 Å². The van der Waals surface area contributed by atoms with Gasteiger partial charge in [0.2, 0.25) is 17.8 Å². The number of anilines is 4. The minimum absolute atomic E-state index is 0.0198. The number of nitrogens with zero attached hydrogens (tertiary/aromatic N) is 6. The number of rotatable bonds is 9. The molecule has 2 heterocycles. The highest BCUT2D eigenvalue weighted by Crippen LogP contribution is 2.35. The van der Waals surface area contributed by atoms with Crippen LogP contribution in [0.15, 0.2) is 87.7 Å². The van der Waals surface area contributed by atoms with Gasteiger partial charge in [-0.3, -0.25) is 10.1 Å². The molecule has 198 valence electrons. The Hall–Kier alpha value is -4.51. The SMILES string of the molecule is Cc1ccc(Sc2ccc(/C=N/Nc3nc(Nc4ccccc4)nc(N4CCCCC4)n3)cc2[N+](=O)[O-])cc1. The molecule has 1 aromatic heterocycles. The molecule has 2 N–H and O–H groups in total. The van der Waals surface area contributed by atoms with Crippen molar-refractivity contribution in [1.82, 2.24) is 15.0 Å². The minimum Gasteiger partial charge on any atom is -0.341 e. The molecule has 4 aromatic rings. The molecule has 0 radical (unpaired) electrons. The van der Waals surface area contributed by atoms with Gasteiger partial charge in [0, 0.05) is 35.3 Å². The summed E-state index contributed by atoms with van der Waals surface area (Å²) >= 11 is 1.36. The van der Waals surface area contributed by atoms with Crippen LogP contribution in [0.4, 0.5) is 29.2 Å². The average Bonchev–Trinajstić information content (AvgIpc) is 2.96. The van der Waals surface area contributed by atoms with Gasteiger partial charge in [0.05, 0.1) is 16.0 Å². The third-order valence-corrected chi connectivity index (χ3v) is 7.17. The molecule has 0 aliphatic carbocycles. The van der Waals surface area contributed by atoms with Gasteiger partial charge in [-0.15, -0.1) is 0 Å². The maximum atomic E-state index is 11.8. The Bertz CT molecular complexity index is 1460. The predicted molar refractivity (Wildman–Crippen MR) is 155 cm³/mol. The third kappa shape index (κ3) is 7.08. The van der Waals surface area contributed by atoms with E-state index in [0.29, 0.717) is 22.4 Å². The Morgan fingerprint density at radius 2 is 1.69 bits per heavy atom. The van der Waals surface area contributed by atoms with Crippen LogP contribution in [0.1, 0.15) is 30.4 Å². The molecule has 0 bridgehead atoms. The molecule has 0 saturated carbocycles. The Morgan fingerprint density at radius 3 is 2.44 bits per heavy atom. The zero-order valence-electron chi connectivity index (χ0n) is 21.4. The maximum Gasteiger partial charge on any atom is 0.283 e. The zero-order chi connectivity index (χ0) is 27.0. The second kappa shape index (κ2) is 12.4. The molecule has 1 saturated heterocycles. The van der Waals surface area contributed by atoms with Gasteiger partial charge in [-0.25, -0.2) is 5.43 Å². The molecule has 1 aliphatic heterocycles. The van der Waals surface area contributed by atoms with Gasteiger partial charge in [-0.05, 0) is 56.5 Å². The number of piperidine rings is 1. The van der Waals surface area contributed by atoms with Crippen LogP contribution in [0.2, 0.25) is 0 Å². The molecule has 11 heteroatoms. The van der Waals surface area contributed by atoms with Crippen LogP contribution < -0.4 is 15.6 Å². The first kappa shape index (κ1) is 26.1. The van der Waals surface area contributed by atoms with E-state index in [1.54, 1.807) is 12.1 Å². The number of nitro benzene ring substituents is 1. The van der Waals surface area contributed by atoms with E-state index >= 15 is 0 Å². The molecule has 0 amide bonds. The summed E-state index contributed by atoms with van der Waals surface area (Å²) in [6.07, 6.45) is 4.89. The third-order valence-electron chi connectivity index (χ3n) is 6.10. The molecule has 0 spiro atoms. The number of hydrazone groups is 1. The van der Waals surface area contributed by atoms with Crippen LogP contribution in [-0.4, -0.2) is 39.2 Å². The fourth-order valence-corrected chi connectivity index (χ4v) is 5.00. The summed E-state index contributed by atoms with van der Waals surface area (Å²) in [6, 6.07) is 22.6. The van der Waals surface area contributed by atoms with E-state index in [4.69, 9.17) is 0 Å². The lowest BCUT2D eigenvalue weighted by Gasteiger charge is -2.26. The van der Waals surface area contributed by atoms with E-state index < -0.39 is 0 Å². The topological polar surface area (TPSA) is 121 Å². The highest BCUT2D eigenvalue weighted by Gasteiger charge is 2.17. The van der Waals surface area contributed by atoms with E-state index in [9.17, 15) is 10.1 Å². The van der Waals surface area contributed by atoms with Crippen molar-refractivity contribution in [2.75, 3.05) is 28.7 Å². The molecule has 3 aromatic carbocycles. The normalized spacial score (nSPS) is 13.4. The van der Waals surface area contributed by atoms with Gasteiger partial charge in [-0.2, -0.15) is 20.1 Å². The Morgan fingerprint density at radius 1 is 0.949 bits per heavy atom. The van der Waals surface area contributed by atoms with E-state index in [1.165, 1.54) is 30.5 Å². The average molecular weight is 541 g/mol. The number of aryl methyl sites for hydroxylation is 1. The van der Waals surface area contributed by atoms with Gasteiger partial charge in [0.25, 0.3) is 5.69 Å². The number of benzene rings is 3. The van der Waals surface area contributed by atoms with Gasteiger partial charge in [-0.1, -0.05) is 53.7 Å². The Labute approximate surface area is 230 Å². The Balaban J connectivity index is 1.34. The Kier molecular flexibility index (Phi) is 8.27. The van der Waals surface area contributed by atoms with Crippen molar-refractivity contribution < 1.29 is 4.92 Å². The number of hydrogen-bond acceptors (Lipinski definition) is 10. The van der Waals surface area contributed by atoms with Gasteiger partial charge < -0.3 is 10.2 Å². The molecule has 39 heavy (non-hydrogen) atoms. The number of hydrogen-bond donors (Lipinski definition) is 2. The van der Waals surface area contributed by atoms with Gasteiger partial charge in [0.1, 0.15) is 0 Å². The van der Waals surface area contributed by atoms with E-state index in [-0.39, 0.29) is 16.6 Å². The fraction of sp³-hybridized carbons (Fsp3) is 0.214. The summed E-state index contributed by atoms with van der Waals surface area (Å²) in [4.78, 5) is 28.7. The second-order valence-corrected chi connectivity index (χ2v) is 10.2. The molecule has 0 atom stereocenters. The first-order valence-electron chi connectivity index (χ1n) is 12.7. The first-order valence-corrected chi connectivity index (χ1v) is 13.5. The summed E-state index contributed by atoms with van der Waals surface area (Å²) in [5.74, 6) is 1.26. The van der Waals surface area contributed by atoms with Crippen molar-refractivity contribution in [3.63, 3.8) is 0 Å². The van der Waals surface area contributed by atoms with Crippen molar-refractivity contribution in [2.45, 2.75) is 36.0 Å². The molecule has 5 rings (SSSR count). The van der Waals surface area contributed by atoms with Crippen LogP contribution in [0.3, 0.4) is 0 Å². The standard InChI is InChI=1S/C28H28N8O2S/c1-20-10-13-23(14-11-20)39-25-15-12-21(18-24(25)36(37)38)19-29-34-27-31-26(30-22-8-4-2-5-9-22)32-28(33-27)35-16-6-3-7-17-35/h2,4-5,8-15,18-19H,3,6-7,16-17H2,1H3,(H2,30,31,32,33,34)/b29-19+. The summed E-state index contributed by atoms with van der Waals surface area (Å²) in [7, 11) is 0. The fourth-order valence-electron chi connectivity index (χ4n) is 4.10. The van der Waals surface area contributed by atoms with Crippen LogP contribution in [0, 0.1) is 17.0 Å². The first-order chi connectivity index (χ1) is 19.0. The van der Waals surface area contributed by atoms with E-state index in [2.05, 4.69) is 35.7 Å². The van der Waals surface area contributed by atoms with E-state index in [0.717, 1.165) is 42.1 Å². The van der Waals surface area contributed by atoms with Crippen molar-refractivity contribution in [3.05, 3.63) is 94.0 Å². The second-order valence-electron chi connectivity index (χ2n) is 9.09. The molecular weight excluding hydrogens is 512 g/mol. The maximum absolute atomic E-state index is 11.8. The number of nitrogens with one attached hydrogen (secondary N) is 2. The van der Waals surface area contributed by atoms with Crippen LogP contribution in [0.5, 0.6) is 0 Å². The van der Waals surface area contributed by atoms with Crippen molar-refractivity contribution in [1.29, 1.82) is 0 Å². The summed E-state index contributed by atoms with van der Waals surface area (Å²) in [6.45, 7) is 3.77. The lowest BCUT2D eigenvalue weighted by molar-refractivity contribution is -0.387. The van der Waals surface area contributed by atoms with Crippen molar-refractivity contribution >= 4 is 47.2 Å². The number of aromatic nitrogens is 3. The smallest absolute Gasteiger partial charge is 0.283 e. The summed E-state index contributed by atoms with van der Waals surface area (Å²) in [5, 5.41) is 19.3. The molecule has 1 aliphatic rings. The number of nitro groups is 1. The van der Waals surface area contributed by atoms with Gasteiger partial charge in [0.15, 0.2) is 0 Å². The highest BCUT2D eigenvalue weighted by molar-refractivity contribution is 7.99. The van der Waals surface area contributed by atoms with Crippen LogP contribution in [0.25, 0.3) is 0 Å². The minimum atomic E-state index is -0.375. The molecule has 0 unspecified atom stereocenters. The number of para-hydroxylation sites is 1. The molecule has 1 fully saturated rings. The van der Waals surface area contributed by atoms with Crippen LogP contribution >= 0.6 is 11.8 Å². The summed E-state index contributed by atoms with van der Waals surface area (Å²) in [5.41, 5.74) is 5.47. The highest BCUT2D eigenvalue weighted by atomic mass is 32.2. The molecule has 10 nitrogen and oxygen atoms in total. The quantitative estimate of drug-likeness (QED) is 0.141. The largest absolute Gasteiger partial charge is 0.341 e. The van der Waals surface area contributed by atoms with E-state index in [1.807, 2.05) is 61.5 Å². The lowest BCUT2D eigenvalue weighted by atomic mass is 10.1. The monoisotopic (exact) mass is 540 g/mol.